The Morgan fingerprint density at radius 3 is 2.90 bits per heavy atom. The molecule has 0 saturated carbocycles. The average molecular weight is 307 g/mol. The highest BCUT2D eigenvalue weighted by Crippen LogP contribution is 2.21. The molecule has 0 aliphatic rings. The molecule has 2 heterocycles. The number of hydrogen-bond acceptors (Lipinski definition) is 4. The van der Waals surface area contributed by atoms with Gasteiger partial charge in [-0.2, -0.15) is 5.10 Å². The topological polar surface area (TPSA) is 59.3 Å². The summed E-state index contributed by atoms with van der Waals surface area (Å²) in [5, 5.41) is 8.51. The number of nitrogens with zero attached hydrogens (tertiary/aromatic N) is 3. The second-order valence-corrected chi connectivity index (χ2v) is 5.96. The fraction of sp³-hybridized carbons (Fsp3) is 0.154. The Kier molecular flexibility index (Phi) is 3.19. The van der Waals surface area contributed by atoms with Crippen molar-refractivity contribution < 1.29 is 4.79 Å². The van der Waals surface area contributed by atoms with Crippen molar-refractivity contribution >= 4 is 39.5 Å². The van der Waals surface area contributed by atoms with Gasteiger partial charge < -0.3 is 5.32 Å². The van der Waals surface area contributed by atoms with Crippen LogP contribution in [0.15, 0.2) is 24.4 Å². The first-order chi connectivity index (χ1) is 9.52. The van der Waals surface area contributed by atoms with Crippen LogP contribution in [0.1, 0.15) is 21.1 Å². The molecular weight excluding hydrogens is 296 g/mol. The number of benzene rings is 1. The Morgan fingerprint density at radius 1 is 1.40 bits per heavy atom. The second kappa shape index (κ2) is 4.88. The van der Waals surface area contributed by atoms with E-state index in [1.54, 1.807) is 22.8 Å². The number of carbonyl (C=O) groups excluding carboxylic acids is 1. The molecule has 0 saturated heterocycles. The zero-order chi connectivity index (χ0) is 14.3. The highest BCUT2D eigenvalue weighted by atomic mass is 35.5. The highest BCUT2D eigenvalue weighted by molar-refractivity contribution is 7.16. The van der Waals surface area contributed by atoms with E-state index in [4.69, 9.17) is 11.6 Å². The number of halogens is 1. The molecule has 0 aliphatic carbocycles. The lowest BCUT2D eigenvalue weighted by Gasteiger charge is -2.04. The Morgan fingerprint density at radius 2 is 2.20 bits per heavy atom. The summed E-state index contributed by atoms with van der Waals surface area (Å²) in [6.07, 6.45) is 1.62. The van der Waals surface area contributed by atoms with Gasteiger partial charge >= 0.3 is 0 Å². The minimum Gasteiger partial charge on any atom is -0.321 e. The molecule has 0 bridgehead atoms. The Hall–Kier alpha value is -1.92. The van der Waals surface area contributed by atoms with Crippen molar-refractivity contribution in [3.8, 4) is 0 Å². The molecule has 3 aromatic rings. The van der Waals surface area contributed by atoms with Crippen LogP contribution in [0, 0.1) is 13.8 Å². The second-order valence-electron chi connectivity index (χ2n) is 4.39. The first-order valence-electron chi connectivity index (χ1n) is 5.93. The van der Waals surface area contributed by atoms with Crippen molar-refractivity contribution in [3.05, 3.63) is 45.7 Å². The molecule has 1 amide bonds. The van der Waals surface area contributed by atoms with Crippen molar-refractivity contribution in [2.45, 2.75) is 13.8 Å². The van der Waals surface area contributed by atoms with Gasteiger partial charge in [-0.05, 0) is 31.5 Å². The largest absolute Gasteiger partial charge is 0.321 e. The monoisotopic (exact) mass is 306 g/mol. The van der Waals surface area contributed by atoms with Crippen LogP contribution in [0.2, 0.25) is 5.02 Å². The first kappa shape index (κ1) is 13.1. The quantitative estimate of drug-likeness (QED) is 0.790. The third kappa shape index (κ3) is 2.39. The van der Waals surface area contributed by atoms with Crippen LogP contribution in [0.3, 0.4) is 0 Å². The van der Waals surface area contributed by atoms with Crippen LogP contribution in [-0.4, -0.2) is 20.5 Å². The van der Waals surface area contributed by atoms with Gasteiger partial charge in [0.05, 0.1) is 6.20 Å². The maximum atomic E-state index is 12.1. The zero-order valence-corrected chi connectivity index (χ0v) is 12.4. The number of hydrogen-bond donors (Lipinski definition) is 1. The lowest BCUT2D eigenvalue weighted by atomic mass is 10.2. The van der Waals surface area contributed by atoms with E-state index in [-0.39, 0.29) is 5.91 Å². The van der Waals surface area contributed by atoms with E-state index < -0.39 is 0 Å². The van der Waals surface area contributed by atoms with E-state index >= 15 is 0 Å². The van der Waals surface area contributed by atoms with Gasteiger partial charge in [0.25, 0.3) is 5.91 Å². The van der Waals surface area contributed by atoms with E-state index in [1.807, 2.05) is 19.9 Å². The molecule has 5 nitrogen and oxygen atoms in total. The van der Waals surface area contributed by atoms with E-state index in [0.717, 1.165) is 10.6 Å². The summed E-state index contributed by atoms with van der Waals surface area (Å²) in [7, 11) is 0. The number of carbonyl (C=O) groups is 1. The number of anilines is 1. The number of fused-ring (bicyclic) bond motifs is 1. The first-order valence-corrected chi connectivity index (χ1v) is 7.13. The van der Waals surface area contributed by atoms with E-state index in [0.29, 0.717) is 21.4 Å². The summed E-state index contributed by atoms with van der Waals surface area (Å²) in [4.78, 5) is 17.1. The Balaban J connectivity index is 1.84. The van der Waals surface area contributed by atoms with Gasteiger partial charge in [0.1, 0.15) is 10.7 Å². The summed E-state index contributed by atoms with van der Waals surface area (Å²) in [6.45, 7) is 3.80. The smallest absolute Gasteiger partial charge is 0.275 e. The van der Waals surface area contributed by atoms with Crippen molar-refractivity contribution in [2.24, 2.45) is 0 Å². The molecule has 0 fully saturated rings. The summed E-state index contributed by atoms with van der Waals surface area (Å²) >= 11 is 7.47. The standard InChI is InChI=1S/C13H11ClN4OS/c1-7-3-4-9(5-10(7)14)15-12(19)11-6-18-13(16-11)20-8(2)17-18/h3-6H,1-2H3,(H,15,19). The van der Waals surface area contributed by atoms with Crippen LogP contribution < -0.4 is 5.32 Å². The van der Waals surface area contributed by atoms with Gasteiger partial charge in [0, 0.05) is 10.7 Å². The summed E-state index contributed by atoms with van der Waals surface area (Å²) in [5.74, 6) is -0.278. The van der Waals surface area contributed by atoms with Crippen LogP contribution >= 0.6 is 22.9 Å². The molecule has 20 heavy (non-hydrogen) atoms. The maximum Gasteiger partial charge on any atom is 0.275 e. The highest BCUT2D eigenvalue weighted by Gasteiger charge is 2.13. The molecule has 1 N–H and O–H groups in total. The summed E-state index contributed by atoms with van der Waals surface area (Å²) in [5.41, 5.74) is 1.94. The van der Waals surface area contributed by atoms with E-state index in [9.17, 15) is 4.79 Å². The Bertz CT molecular complexity index is 776. The number of rotatable bonds is 2. The number of nitrogens with one attached hydrogen (secondary N) is 1. The SMILES string of the molecule is Cc1nn2cc(C(=O)Nc3ccc(C)c(Cl)c3)nc2s1. The maximum absolute atomic E-state index is 12.1. The fourth-order valence-corrected chi connectivity index (χ4v) is 2.68. The number of aromatic nitrogens is 3. The molecule has 1 aromatic carbocycles. The van der Waals surface area contributed by atoms with Crippen molar-refractivity contribution in [1.29, 1.82) is 0 Å². The van der Waals surface area contributed by atoms with Gasteiger partial charge in [-0.3, -0.25) is 4.79 Å². The third-order valence-corrected chi connectivity index (χ3v) is 4.05. The van der Waals surface area contributed by atoms with Gasteiger partial charge in [-0.15, -0.1) is 0 Å². The predicted octanol–water partition coefficient (Wildman–Crippen LogP) is 3.31. The molecule has 0 radical (unpaired) electrons. The molecule has 0 atom stereocenters. The molecule has 0 spiro atoms. The number of imidazole rings is 1. The van der Waals surface area contributed by atoms with E-state index in [1.165, 1.54) is 11.3 Å². The molecule has 0 aliphatic heterocycles. The van der Waals surface area contributed by atoms with Crippen molar-refractivity contribution in [3.63, 3.8) is 0 Å². The van der Waals surface area contributed by atoms with Gasteiger partial charge in [-0.25, -0.2) is 9.50 Å². The lowest BCUT2D eigenvalue weighted by Crippen LogP contribution is -2.12. The number of amides is 1. The number of aryl methyl sites for hydroxylation is 2. The van der Waals surface area contributed by atoms with E-state index in [2.05, 4.69) is 15.4 Å². The molecule has 102 valence electrons. The molecular formula is C13H11ClN4OS. The minimum absolute atomic E-state index is 0.278. The van der Waals surface area contributed by atoms with Crippen LogP contribution in [-0.2, 0) is 0 Å². The zero-order valence-electron chi connectivity index (χ0n) is 10.8. The fourth-order valence-electron chi connectivity index (χ4n) is 1.77. The van der Waals surface area contributed by atoms with Gasteiger partial charge in [-0.1, -0.05) is 29.0 Å². The predicted molar refractivity (Wildman–Crippen MR) is 79.7 cm³/mol. The summed E-state index contributed by atoms with van der Waals surface area (Å²) < 4.78 is 1.61. The van der Waals surface area contributed by atoms with Gasteiger partial charge in [0.15, 0.2) is 0 Å². The molecule has 7 heteroatoms. The minimum atomic E-state index is -0.278. The van der Waals surface area contributed by atoms with Crippen LogP contribution in [0.4, 0.5) is 5.69 Å². The van der Waals surface area contributed by atoms with Crippen LogP contribution in [0.25, 0.3) is 4.96 Å². The normalized spacial score (nSPS) is 10.9. The van der Waals surface area contributed by atoms with Gasteiger partial charge in [0.2, 0.25) is 4.96 Å². The van der Waals surface area contributed by atoms with Crippen molar-refractivity contribution in [2.75, 3.05) is 5.32 Å². The molecule has 0 unspecified atom stereocenters. The van der Waals surface area contributed by atoms with Crippen LogP contribution in [0.5, 0.6) is 0 Å². The van der Waals surface area contributed by atoms with Crippen molar-refractivity contribution in [1.82, 2.24) is 14.6 Å². The average Bonchev–Trinajstić information content (AvgIpc) is 2.91. The lowest BCUT2D eigenvalue weighted by molar-refractivity contribution is 0.102. The summed E-state index contributed by atoms with van der Waals surface area (Å²) in [6, 6.07) is 5.38. The third-order valence-electron chi connectivity index (χ3n) is 2.81. The Labute approximate surface area is 124 Å². The molecule has 2 aromatic heterocycles. The molecule has 3 rings (SSSR count).